The first-order valence-electron chi connectivity index (χ1n) is 4.63. The van der Waals surface area contributed by atoms with Crippen molar-refractivity contribution in [2.45, 2.75) is 19.4 Å². The topological polar surface area (TPSA) is 9.23 Å². The lowest BCUT2D eigenvalue weighted by Crippen LogP contribution is -1.96. The molecule has 0 radical (unpaired) electrons. The van der Waals surface area contributed by atoms with Crippen LogP contribution in [0.4, 0.5) is 0 Å². The van der Waals surface area contributed by atoms with Crippen LogP contribution in [0.3, 0.4) is 0 Å². The van der Waals surface area contributed by atoms with Gasteiger partial charge in [0.05, 0.1) is 0 Å². The van der Waals surface area contributed by atoms with Gasteiger partial charge >= 0.3 is 0 Å². The van der Waals surface area contributed by atoms with Crippen molar-refractivity contribution in [1.82, 2.24) is 0 Å². The van der Waals surface area contributed by atoms with E-state index in [4.69, 9.17) is 4.74 Å². The van der Waals surface area contributed by atoms with Crippen molar-refractivity contribution in [2.24, 2.45) is 0 Å². The summed E-state index contributed by atoms with van der Waals surface area (Å²) < 4.78 is 5.35. The molecule has 0 spiro atoms. The van der Waals surface area contributed by atoms with Crippen LogP contribution in [0.1, 0.15) is 25.0 Å². The molecule has 1 atom stereocenters. The first kappa shape index (κ1) is 10.0. The van der Waals surface area contributed by atoms with Crippen LogP contribution in [0.25, 0.3) is 0 Å². The number of benzene rings is 1. The summed E-state index contributed by atoms with van der Waals surface area (Å²) in [5.41, 5.74) is 1.20. The van der Waals surface area contributed by atoms with Crippen LogP contribution >= 0.6 is 0 Å². The summed E-state index contributed by atoms with van der Waals surface area (Å²) in [6.45, 7) is 2.12. The van der Waals surface area contributed by atoms with Crippen LogP contribution in [-0.4, -0.2) is 7.11 Å². The fraction of sp³-hybridized carbons (Fsp3) is 0.333. The summed E-state index contributed by atoms with van der Waals surface area (Å²) in [4.78, 5) is 0. The van der Waals surface area contributed by atoms with Crippen LogP contribution in [-0.2, 0) is 4.74 Å². The summed E-state index contributed by atoms with van der Waals surface area (Å²) >= 11 is 0. The van der Waals surface area contributed by atoms with E-state index in [1.807, 2.05) is 18.2 Å². The third-order valence-electron chi connectivity index (χ3n) is 1.93. The third kappa shape index (κ3) is 3.03. The molecule has 0 fully saturated rings. The number of rotatable bonds is 4. The monoisotopic (exact) mass is 176 g/mol. The van der Waals surface area contributed by atoms with Crippen molar-refractivity contribution < 1.29 is 4.74 Å². The van der Waals surface area contributed by atoms with Crippen LogP contribution in [0.15, 0.2) is 42.5 Å². The van der Waals surface area contributed by atoms with Crippen molar-refractivity contribution in [3.63, 3.8) is 0 Å². The predicted octanol–water partition coefficient (Wildman–Crippen LogP) is 3.34. The molecule has 1 aromatic rings. The largest absolute Gasteiger partial charge is 0.373 e. The number of allylic oxidation sites excluding steroid dienone is 1. The Balaban J connectivity index is 2.73. The minimum atomic E-state index is 0.0983. The molecule has 0 bridgehead atoms. The van der Waals surface area contributed by atoms with Crippen LogP contribution < -0.4 is 0 Å². The molecule has 70 valence electrons. The number of hydrogen-bond acceptors (Lipinski definition) is 1. The van der Waals surface area contributed by atoms with Gasteiger partial charge in [-0.1, -0.05) is 49.4 Å². The van der Waals surface area contributed by atoms with Gasteiger partial charge in [-0.25, -0.2) is 0 Å². The Morgan fingerprint density at radius 3 is 2.54 bits per heavy atom. The molecule has 1 nitrogen and oxygen atoms in total. The van der Waals surface area contributed by atoms with Gasteiger partial charge in [0.15, 0.2) is 0 Å². The van der Waals surface area contributed by atoms with Gasteiger partial charge in [-0.2, -0.15) is 0 Å². The van der Waals surface area contributed by atoms with Crippen molar-refractivity contribution >= 4 is 0 Å². The van der Waals surface area contributed by atoms with Gasteiger partial charge in [0.1, 0.15) is 6.10 Å². The second-order valence-corrected chi connectivity index (χ2v) is 2.90. The van der Waals surface area contributed by atoms with Gasteiger partial charge in [0.2, 0.25) is 0 Å². The lowest BCUT2D eigenvalue weighted by Gasteiger charge is -2.10. The van der Waals surface area contributed by atoms with Crippen LogP contribution in [0, 0.1) is 0 Å². The van der Waals surface area contributed by atoms with E-state index in [0.29, 0.717) is 0 Å². The molecular formula is C12H16O. The van der Waals surface area contributed by atoms with Crippen molar-refractivity contribution in [3.05, 3.63) is 48.0 Å². The number of ether oxygens (including phenoxy) is 1. The second-order valence-electron chi connectivity index (χ2n) is 2.90. The summed E-state index contributed by atoms with van der Waals surface area (Å²) in [6.07, 6.45) is 5.37. The van der Waals surface area contributed by atoms with E-state index in [1.165, 1.54) is 5.56 Å². The van der Waals surface area contributed by atoms with Gasteiger partial charge in [-0.15, -0.1) is 0 Å². The molecule has 0 N–H and O–H groups in total. The maximum atomic E-state index is 5.35. The highest BCUT2D eigenvalue weighted by molar-refractivity contribution is 5.21. The van der Waals surface area contributed by atoms with Crippen LogP contribution in [0.2, 0.25) is 0 Å². The zero-order valence-electron chi connectivity index (χ0n) is 8.23. The summed E-state index contributed by atoms with van der Waals surface area (Å²) in [7, 11) is 1.73. The quantitative estimate of drug-likeness (QED) is 0.639. The molecule has 0 aliphatic heterocycles. The highest BCUT2D eigenvalue weighted by Gasteiger charge is 2.03. The zero-order valence-corrected chi connectivity index (χ0v) is 8.23. The minimum Gasteiger partial charge on any atom is -0.373 e. The Kier molecular flexibility index (Phi) is 4.27. The summed E-state index contributed by atoms with van der Waals surface area (Å²) in [5, 5.41) is 0. The maximum absolute atomic E-state index is 5.35. The SMILES string of the molecule is CCC=CC(OC)c1ccccc1. The van der Waals surface area contributed by atoms with E-state index < -0.39 is 0 Å². The van der Waals surface area contributed by atoms with Gasteiger partial charge in [-0.3, -0.25) is 0 Å². The molecule has 0 aromatic heterocycles. The second kappa shape index (κ2) is 5.55. The normalized spacial score (nSPS) is 13.4. The van der Waals surface area contributed by atoms with E-state index in [2.05, 4.69) is 31.2 Å². The summed E-state index contributed by atoms with van der Waals surface area (Å²) in [6, 6.07) is 10.2. The first-order chi connectivity index (χ1) is 6.38. The molecule has 0 heterocycles. The Morgan fingerprint density at radius 1 is 1.31 bits per heavy atom. The Hall–Kier alpha value is -1.08. The summed E-state index contributed by atoms with van der Waals surface area (Å²) in [5.74, 6) is 0. The molecule has 1 unspecified atom stereocenters. The zero-order chi connectivity index (χ0) is 9.52. The predicted molar refractivity (Wildman–Crippen MR) is 55.6 cm³/mol. The fourth-order valence-electron chi connectivity index (χ4n) is 1.23. The fourth-order valence-corrected chi connectivity index (χ4v) is 1.23. The van der Waals surface area contributed by atoms with E-state index in [-0.39, 0.29) is 6.10 Å². The maximum Gasteiger partial charge on any atom is 0.100 e. The highest BCUT2D eigenvalue weighted by atomic mass is 16.5. The van der Waals surface area contributed by atoms with E-state index in [1.54, 1.807) is 7.11 Å². The first-order valence-corrected chi connectivity index (χ1v) is 4.63. The highest BCUT2D eigenvalue weighted by Crippen LogP contribution is 2.17. The average Bonchev–Trinajstić information content (AvgIpc) is 2.21. The van der Waals surface area contributed by atoms with Gasteiger partial charge in [0, 0.05) is 7.11 Å². The van der Waals surface area contributed by atoms with Crippen LogP contribution in [0.5, 0.6) is 0 Å². The molecule has 13 heavy (non-hydrogen) atoms. The van der Waals surface area contributed by atoms with Gasteiger partial charge < -0.3 is 4.74 Å². The molecule has 0 aliphatic rings. The van der Waals surface area contributed by atoms with E-state index in [9.17, 15) is 0 Å². The number of methoxy groups -OCH3 is 1. The molecule has 0 saturated heterocycles. The Labute approximate surface area is 80.0 Å². The molecule has 1 heteroatoms. The number of hydrogen-bond donors (Lipinski definition) is 0. The van der Waals surface area contributed by atoms with Crippen molar-refractivity contribution in [3.8, 4) is 0 Å². The molecule has 1 rings (SSSR count). The van der Waals surface area contributed by atoms with Crippen molar-refractivity contribution in [1.29, 1.82) is 0 Å². The van der Waals surface area contributed by atoms with Crippen molar-refractivity contribution in [2.75, 3.05) is 7.11 Å². The lowest BCUT2D eigenvalue weighted by atomic mass is 10.1. The molecule has 0 saturated carbocycles. The molecular weight excluding hydrogens is 160 g/mol. The standard InChI is InChI=1S/C12H16O/c1-3-4-10-12(13-2)11-8-6-5-7-9-11/h4-10,12H,3H2,1-2H3. The Bertz CT molecular complexity index is 251. The smallest absolute Gasteiger partial charge is 0.100 e. The lowest BCUT2D eigenvalue weighted by molar-refractivity contribution is 0.142. The molecule has 0 aliphatic carbocycles. The average molecular weight is 176 g/mol. The van der Waals surface area contributed by atoms with E-state index >= 15 is 0 Å². The van der Waals surface area contributed by atoms with Gasteiger partial charge in [0.25, 0.3) is 0 Å². The van der Waals surface area contributed by atoms with Gasteiger partial charge in [-0.05, 0) is 12.0 Å². The Morgan fingerprint density at radius 2 is 2.00 bits per heavy atom. The molecule has 1 aromatic carbocycles. The third-order valence-corrected chi connectivity index (χ3v) is 1.93. The minimum absolute atomic E-state index is 0.0983. The molecule has 0 amide bonds. The van der Waals surface area contributed by atoms with E-state index in [0.717, 1.165) is 6.42 Å².